The van der Waals surface area contributed by atoms with Gasteiger partial charge in [0.2, 0.25) is 11.8 Å². The average Bonchev–Trinajstić information content (AvgIpc) is 2.66. The summed E-state index contributed by atoms with van der Waals surface area (Å²) in [7, 11) is 0. The van der Waals surface area contributed by atoms with Gasteiger partial charge in [0, 0.05) is 23.1 Å². The van der Waals surface area contributed by atoms with E-state index in [2.05, 4.69) is 5.32 Å². The molecule has 2 rings (SSSR count). The van der Waals surface area contributed by atoms with Gasteiger partial charge in [0.05, 0.1) is 6.42 Å². The number of rotatable bonds is 8. The summed E-state index contributed by atoms with van der Waals surface area (Å²) in [5.41, 5.74) is 0.934. The predicted molar refractivity (Wildman–Crippen MR) is 110 cm³/mol. The van der Waals surface area contributed by atoms with Crippen molar-refractivity contribution in [3.8, 4) is 0 Å². The maximum Gasteiger partial charge on any atom is 0.242 e. The van der Waals surface area contributed by atoms with Gasteiger partial charge >= 0.3 is 0 Å². The van der Waals surface area contributed by atoms with Gasteiger partial charge in [0.25, 0.3) is 0 Å². The highest BCUT2D eigenvalue weighted by molar-refractivity contribution is 6.35. The highest BCUT2D eigenvalue weighted by Crippen LogP contribution is 2.23. The molecule has 0 aliphatic carbocycles. The molecule has 0 aromatic heterocycles. The Labute approximate surface area is 174 Å². The van der Waals surface area contributed by atoms with Gasteiger partial charge in [-0.2, -0.15) is 0 Å². The van der Waals surface area contributed by atoms with Crippen LogP contribution in [0.3, 0.4) is 0 Å². The van der Waals surface area contributed by atoms with Gasteiger partial charge in [-0.25, -0.2) is 4.39 Å². The molecular formula is C21H23Cl2FN2O2. The van der Waals surface area contributed by atoms with Gasteiger partial charge < -0.3 is 10.2 Å². The maximum absolute atomic E-state index is 14.0. The molecule has 28 heavy (non-hydrogen) atoms. The second-order valence-corrected chi connectivity index (χ2v) is 7.34. The largest absolute Gasteiger partial charge is 0.354 e. The van der Waals surface area contributed by atoms with Gasteiger partial charge in [0.15, 0.2) is 0 Å². The van der Waals surface area contributed by atoms with Gasteiger partial charge in [-0.1, -0.05) is 54.4 Å². The number of halogens is 3. The Hall–Kier alpha value is -2.11. The molecule has 4 nitrogen and oxygen atoms in total. The molecule has 1 atom stereocenters. The smallest absolute Gasteiger partial charge is 0.242 e. The number of nitrogens with one attached hydrogen (secondary N) is 1. The van der Waals surface area contributed by atoms with E-state index in [-0.39, 0.29) is 30.3 Å². The lowest BCUT2D eigenvalue weighted by Crippen LogP contribution is -2.48. The van der Waals surface area contributed by atoms with Gasteiger partial charge in [-0.05, 0) is 42.7 Å². The summed E-state index contributed by atoms with van der Waals surface area (Å²) in [6, 6.07) is 10.3. The Morgan fingerprint density at radius 1 is 1.14 bits per heavy atom. The predicted octanol–water partition coefficient (Wildman–Crippen LogP) is 4.62. The Morgan fingerprint density at radius 2 is 1.86 bits per heavy atom. The van der Waals surface area contributed by atoms with E-state index in [0.717, 1.165) is 6.42 Å². The lowest BCUT2D eigenvalue weighted by atomic mass is 10.1. The highest BCUT2D eigenvalue weighted by Gasteiger charge is 2.27. The van der Waals surface area contributed by atoms with E-state index in [1.54, 1.807) is 43.3 Å². The number of benzene rings is 2. The summed E-state index contributed by atoms with van der Waals surface area (Å²) >= 11 is 12.2. The molecule has 0 radical (unpaired) electrons. The number of hydrogen-bond donors (Lipinski definition) is 1. The maximum atomic E-state index is 14.0. The van der Waals surface area contributed by atoms with E-state index >= 15 is 0 Å². The molecule has 1 N–H and O–H groups in total. The fourth-order valence-electron chi connectivity index (χ4n) is 2.72. The van der Waals surface area contributed by atoms with E-state index in [1.807, 2.05) is 6.92 Å². The van der Waals surface area contributed by atoms with Crippen molar-refractivity contribution in [3.05, 3.63) is 69.5 Å². The second kappa shape index (κ2) is 10.4. The Morgan fingerprint density at radius 3 is 2.50 bits per heavy atom. The molecule has 0 aliphatic heterocycles. The van der Waals surface area contributed by atoms with Crippen LogP contribution in [0.5, 0.6) is 0 Å². The molecule has 0 unspecified atom stereocenters. The molecule has 0 fully saturated rings. The standard InChI is InChI=1S/C21H23Cl2FN2O2/c1-3-10-25-21(28)14(2)26(13-16-8-9-17(22)12-18(16)23)20(27)11-15-6-4-5-7-19(15)24/h4-9,12,14H,3,10-11,13H2,1-2H3,(H,25,28)/t14-/m1/s1. The first-order valence-electron chi connectivity index (χ1n) is 9.08. The van der Waals surface area contributed by atoms with Crippen LogP contribution in [0.2, 0.25) is 10.0 Å². The van der Waals surface area contributed by atoms with Crippen molar-refractivity contribution in [1.29, 1.82) is 0 Å². The van der Waals surface area contributed by atoms with Crippen molar-refractivity contribution in [1.82, 2.24) is 10.2 Å². The molecule has 150 valence electrons. The molecule has 2 amide bonds. The minimum Gasteiger partial charge on any atom is -0.354 e. The zero-order valence-corrected chi connectivity index (χ0v) is 17.4. The molecular weight excluding hydrogens is 402 g/mol. The Kier molecular flexibility index (Phi) is 8.27. The van der Waals surface area contributed by atoms with Crippen LogP contribution in [0, 0.1) is 5.82 Å². The van der Waals surface area contributed by atoms with E-state index in [1.165, 1.54) is 11.0 Å². The first-order valence-corrected chi connectivity index (χ1v) is 9.83. The van der Waals surface area contributed by atoms with E-state index in [4.69, 9.17) is 23.2 Å². The van der Waals surface area contributed by atoms with Gasteiger partial charge in [-0.3, -0.25) is 9.59 Å². The third-order valence-corrected chi connectivity index (χ3v) is 4.96. The summed E-state index contributed by atoms with van der Waals surface area (Å²) in [6.45, 7) is 4.22. The fourth-order valence-corrected chi connectivity index (χ4v) is 3.19. The Balaban J connectivity index is 2.27. The van der Waals surface area contributed by atoms with Crippen molar-refractivity contribution in [2.45, 2.75) is 39.3 Å². The van der Waals surface area contributed by atoms with Crippen LogP contribution in [0.1, 0.15) is 31.4 Å². The molecule has 2 aromatic rings. The molecule has 0 spiro atoms. The summed E-state index contributed by atoms with van der Waals surface area (Å²) < 4.78 is 14.0. The highest BCUT2D eigenvalue weighted by atomic mass is 35.5. The summed E-state index contributed by atoms with van der Waals surface area (Å²) in [5.74, 6) is -1.09. The van der Waals surface area contributed by atoms with E-state index in [9.17, 15) is 14.0 Å². The number of hydrogen-bond acceptors (Lipinski definition) is 2. The molecule has 0 bridgehead atoms. The fraction of sp³-hybridized carbons (Fsp3) is 0.333. The lowest BCUT2D eigenvalue weighted by molar-refractivity contribution is -0.140. The number of carbonyl (C=O) groups excluding carboxylic acids is 2. The third-order valence-electron chi connectivity index (χ3n) is 4.37. The molecule has 7 heteroatoms. The zero-order valence-electron chi connectivity index (χ0n) is 15.8. The van der Waals surface area contributed by atoms with E-state index in [0.29, 0.717) is 22.2 Å². The quantitative estimate of drug-likeness (QED) is 0.671. The first kappa shape index (κ1) is 22.2. The van der Waals surface area contributed by atoms with Crippen LogP contribution in [0.4, 0.5) is 4.39 Å². The zero-order chi connectivity index (χ0) is 20.7. The van der Waals surface area contributed by atoms with Crippen LogP contribution in [0.15, 0.2) is 42.5 Å². The molecule has 0 saturated heterocycles. The molecule has 2 aromatic carbocycles. The number of nitrogens with zero attached hydrogens (tertiary/aromatic N) is 1. The van der Waals surface area contributed by atoms with Gasteiger partial charge in [-0.15, -0.1) is 0 Å². The number of amides is 2. The van der Waals surface area contributed by atoms with Gasteiger partial charge in [0.1, 0.15) is 11.9 Å². The second-order valence-electron chi connectivity index (χ2n) is 6.49. The average molecular weight is 425 g/mol. The van der Waals surface area contributed by atoms with Crippen molar-refractivity contribution >= 4 is 35.0 Å². The van der Waals surface area contributed by atoms with Crippen LogP contribution in [-0.2, 0) is 22.6 Å². The van der Waals surface area contributed by atoms with Crippen LogP contribution < -0.4 is 5.32 Å². The Bertz CT molecular complexity index is 845. The van der Waals surface area contributed by atoms with Crippen molar-refractivity contribution in [2.24, 2.45) is 0 Å². The monoisotopic (exact) mass is 424 g/mol. The minimum atomic E-state index is -0.738. The number of carbonyl (C=O) groups is 2. The van der Waals surface area contributed by atoms with Crippen molar-refractivity contribution in [2.75, 3.05) is 6.54 Å². The minimum absolute atomic E-state index is 0.115. The van der Waals surface area contributed by atoms with E-state index < -0.39 is 11.9 Å². The van der Waals surface area contributed by atoms with Crippen LogP contribution in [-0.4, -0.2) is 29.3 Å². The van der Waals surface area contributed by atoms with Crippen LogP contribution in [0.25, 0.3) is 0 Å². The molecule has 0 heterocycles. The third kappa shape index (κ3) is 5.94. The van der Waals surface area contributed by atoms with Crippen LogP contribution >= 0.6 is 23.2 Å². The summed E-state index contributed by atoms with van der Waals surface area (Å²) in [5, 5.41) is 3.67. The SMILES string of the molecule is CCCNC(=O)[C@@H](C)N(Cc1ccc(Cl)cc1Cl)C(=O)Cc1ccccc1F. The first-order chi connectivity index (χ1) is 13.3. The topological polar surface area (TPSA) is 49.4 Å². The lowest BCUT2D eigenvalue weighted by Gasteiger charge is -2.29. The summed E-state index contributed by atoms with van der Waals surface area (Å²) in [4.78, 5) is 26.8. The summed E-state index contributed by atoms with van der Waals surface area (Å²) in [6.07, 6.45) is 0.633. The van der Waals surface area contributed by atoms with Crippen molar-refractivity contribution in [3.63, 3.8) is 0 Å². The molecule has 0 saturated carbocycles. The molecule has 0 aliphatic rings. The normalized spacial score (nSPS) is 11.8. The van der Waals surface area contributed by atoms with Crippen molar-refractivity contribution < 1.29 is 14.0 Å².